The van der Waals surface area contributed by atoms with Crippen molar-refractivity contribution < 1.29 is 4.79 Å². The van der Waals surface area contributed by atoms with E-state index in [1.165, 1.54) is 16.9 Å². The molecule has 2 atom stereocenters. The van der Waals surface area contributed by atoms with Crippen LogP contribution in [0.3, 0.4) is 0 Å². The summed E-state index contributed by atoms with van der Waals surface area (Å²) in [5.74, 6) is 0.814. The van der Waals surface area contributed by atoms with Crippen molar-refractivity contribution in [3.05, 3.63) is 57.3 Å². The maximum Gasteiger partial charge on any atom is 0.252 e. The molecule has 0 fully saturated rings. The zero-order chi connectivity index (χ0) is 14.8. The second-order valence-electron chi connectivity index (χ2n) is 6.00. The summed E-state index contributed by atoms with van der Waals surface area (Å²) >= 11 is 1.75. The summed E-state index contributed by atoms with van der Waals surface area (Å²) in [7, 11) is 0. The van der Waals surface area contributed by atoms with E-state index in [1.807, 2.05) is 30.5 Å². The van der Waals surface area contributed by atoms with Crippen molar-refractivity contribution >= 4 is 17.2 Å². The van der Waals surface area contributed by atoms with Crippen LogP contribution in [-0.4, -0.2) is 5.91 Å². The van der Waals surface area contributed by atoms with Gasteiger partial charge in [-0.3, -0.25) is 4.79 Å². The van der Waals surface area contributed by atoms with Gasteiger partial charge in [0.1, 0.15) is 0 Å². The van der Waals surface area contributed by atoms with Gasteiger partial charge >= 0.3 is 0 Å². The molecule has 21 heavy (non-hydrogen) atoms. The van der Waals surface area contributed by atoms with E-state index in [0.717, 1.165) is 29.9 Å². The first-order valence-electron chi connectivity index (χ1n) is 7.60. The maximum absolute atomic E-state index is 12.5. The van der Waals surface area contributed by atoms with E-state index in [0.29, 0.717) is 0 Å². The third-order valence-electron chi connectivity index (χ3n) is 4.29. The van der Waals surface area contributed by atoms with Crippen LogP contribution in [0.5, 0.6) is 0 Å². The van der Waals surface area contributed by atoms with Crippen molar-refractivity contribution in [1.29, 1.82) is 0 Å². The molecule has 0 unspecified atom stereocenters. The Morgan fingerprint density at radius 2 is 2.10 bits per heavy atom. The van der Waals surface area contributed by atoms with Gasteiger partial charge in [0.2, 0.25) is 0 Å². The van der Waals surface area contributed by atoms with Crippen LogP contribution in [0.1, 0.15) is 52.7 Å². The topological polar surface area (TPSA) is 29.1 Å². The van der Waals surface area contributed by atoms with E-state index in [2.05, 4.69) is 24.4 Å². The number of carbonyl (C=O) groups is 1. The molecule has 3 heteroatoms. The van der Waals surface area contributed by atoms with Gasteiger partial charge in [-0.15, -0.1) is 11.3 Å². The summed E-state index contributed by atoms with van der Waals surface area (Å²) < 4.78 is 0. The first kappa shape index (κ1) is 14.3. The number of amides is 1. The molecule has 1 aliphatic rings. The van der Waals surface area contributed by atoms with Crippen LogP contribution in [0.4, 0.5) is 0 Å². The second kappa shape index (κ2) is 6.02. The molecule has 0 saturated heterocycles. The lowest BCUT2D eigenvalue weighted by Crippen LogP contribution is -2.27. The number of hydrogen-bond acceptors (Lipinski definition) is 2. The Labute approximate surface area is 130 Å². The predicted octanol–water partition coefficient (Wildman–Crippen LogP) is 4.36. The monoisotopic (exact) mass is 299 g/mol. The zero-order valence-electron chi connectivity index (χ0n) is 12.6. The third-order valence-corrected chi connectivity index (χ3v) is 5.34. The first-order valence-corrected chi connectivity index (χ1v) is 8.48. The predicted molar refractivity (Wildman–Crippen MR) is 87.8 cm³/mol. The van der Waals surface area contributed by atoms with Gasteiger partial charge in [0.15, 0.2) is 0 Å². The quantitative estimate of drug-likeness (QED) is 0.896. The number of benzene rings is 1. The number of carbonyl (C=O) groups excluding carboxylic acids is 1. The Kier molecular flexibility index (Phi) is 4.11. The van der Waals surface area contributed by atoms with Gasteiger partial charge in [-0.25, -0.2) is 0 Å². The van der Waals surface area contributed by atoms with Gasteiger partial charge < -0.3 is 5.32 Å². The minimum absolute atomic E-state index is 0.0387. The van der Waals surface area contributed by atoms with Gasteiger partial charge in [0.25, 0.3) is 5.91 Å². The van der Waals surface area contributed by atoms with Crippen LogP contribution in [0, 0.1) is 5.92 Å². The highest BCUT2D eigenvalue weighted by Crippen LogP contribution is 2.33. The fourth-order valence-electron chi connectivity index (χ4n) is 2.97. The summed E-state index contributed by atoms with van der Waals surface area (Å²) in [6.45, 7) is 4.33. The minimum atomic E-state index is 0.0387. The molecule has 1 aliphatic carbocycles. The fourth-order valence-corrected chi connectivity index (χ4v) is 4.21. The third kappa shape index (κ3) is 3.03. The van der Waals surface area contributed by atoms with E-state index >= 15 is 0 Å². The average Bonchev–Trinajstić information content (AvgIpc) is 2.91. The molecule has 3 rings (SSSR count). The standard InChI is InChI=1S/C18H21NOS/c1-12-8-9-15-16(11-21-17(15)10-12)18(20)19-13(2)14-6-4-3-5-7-14/h3-7,11-13H,8-10H2,1-2H3,(H,19,20)/t12-,13-/m0/s1. The van der Waals surface area contributed by atoms with Gasteiger partial charge in [-0.2, -0.15) is 0 Å². The van der Waals surface area contributed by atoms with Crippen molar-refractivity contribution in [1.82, 2.24) is 5.32 Å². The molecule has 1 aromatic heterocycles. The largest absolute Gasteiger partial charge is 0.345 e. The van der Waals surface area contributed by atoms with Crippen molar-refractivity contribution in [2.24, 2.45) is 5.92 Å². The first-order chi connectivity index (χ1) is 10.1. The van der Waals surface area contributed by atoms with E-state index in [-0.39, 0.29) is 11.9 Å². The summed E-state index contributed by atoms with van der Waals surface area (Å²) in [4.78, 5) is 13.9. The van der Waals surface area contributed by atoms with Crippen LogP contribution in [-0.2, 0) is 12.8 Å². The number of nitrogens with one attached hydrogen (secondary N) is 1. The highest BCUT2D eigenvalue weighted by Gasteiger charge is 2.23. The highest BCUT2D eigenvalue weighted by molar-refractivity contribution is 7.10. The van der Waals surface area contributed by atoms with Crippen LogP contribution >= 0.6 is 11.3 Å². The lowest BCUT2D eigenvalue weighted by atomic mass is 9.88. The number of fused-ring (bicyclic) bond motifs is 1. The molecule has 2 nitrogen and oxygen atoms in total. The van der Waals surface area contributed by atoms with Crippen LogP contribution in [0.2, 0.25) is 0 Å². The van der Waals surface area contributed by atoms with Crippen molar-refractivity contribution in [3.63, 3.8) is 0 Å². The molecule has 1 N–H and O–H groups in total. The van der Waals surface area contributed by atoms with E-state index in [9.17, 15) is 4.79 Å². The molecule has 0 saturated carbocycles. The average molecular weight is 299 g/mol. The van der Waals surface area contributed by atoms with Gasteiger partial charge in [-0.1, -0.05) is 37.3 Å². The van der Waals surface area contributed by atoms with Crippen molar-refractivity contribution in [3.8, 4) is 0 Å². The van der Waals surface area contributed by atoms with Gasteiger partial charge in [0.05, 0.1) is 11.6 Å². The summed E-state index contributed by atoms with van der Waals surface area (Å²) in [5.41, 5.74) is 3.32. The van der Waals surface area contributed by atoms with Gasteiger partial charge in [-0.05, 0) is 43.2 Å². The summed E-state index contributed by atoms with van der Waals surface area (Å²) in [6, 6.07) is 10.1. The molecular formula is C18H21NOS. The molecule has 1 aromatic carbocycles. The van der Waals surface area contributed by atoms with E-state index < -0.39 is 0 Å². The van der Waals surface area contributed by atoms with Crippen molar-refractivity contribution in [2.75, 3.05) is 0 Å². The van der Waals surface area contributed by atoms with Crippen LogP contribution < -0.4 is 5.32 Å². The SMILES string of the molecule is C[C@H]1CCc2c(C(=O)N[C@@H](C)c3ccccc3)csc2C1. The molecule has 0 spiro atoms. The van der Waals surface area contributed by atoms with E-state index in [1.54, 1.807) is 11.3 Å². The van der Waals surface area contributed by atoms with Gasteiger partial charge in [0, 0.05) is 10.3 Å². The highest BCUT2D eigenvalue weighted by atomic mass is 32.1. The fraction of sp³-hybridized carbons (Fsp3) is 0.389. The molecule has 1 heterocycles. The Morgan fingerprint density at radius 3 is 2.86 bits per heavy atom. The lowest BCUT2D eigenvalue weighted by Gasteiger charge is -2.19. The number of thiophene rings is 1. The zero-order valence-corrected chi connectivity index (χ0v) is 13.4. The van der Waals surface area contributed by atoms with E-state index in [4.69, 9.17) is 0 Å². The second-order valence-corrected chi connectivity index (χ2v) is 6.97. The molecule has 0 bridgehead atoms. The molecular weight excluding hydrogens is 278 g/mol. The Bertz CT molecular complexity index is 632. The lowest BCUT2D eigenvalue weighted by molar-refractivity contribution is 0.0939. The molecule has 110 valence electrons. The van der Waals surface area contributed by atoms with Crippen LogP contribution in [0.15, 0.2) is 35.7 Å². The normalized spacial score (nSPS) is 18.9. The smallest absolute Gasteiger partial charge is 0.252 e. The maximum atomic E-state index is 12.5. The molecule has 2 aromatic rings. The molecule has 0 aliphatic heterocycles. The Hall–Kier alpha value is -1.61. The molecule has 1 amide bonds. The Morgan fingerprint density at radius 1 is 1.33 bits per heavy atom. The number of hydrogen-bond donors (Lipinski definition) is 1. The molecule has 0 radical (unpaired) electrons. The summed E-state index contributed by atoms with van der Waals surface area (Å²) in [6.07, 6.45) is 3.36. The number of rotatable bonds is 3. The van der Waals surface area contributed by atoms with Crippen molar-refractivity contribution in [2.45, 2.75) is 39.2 Å². The van der Waals surface area contributed by atoms with Crippen LogP contribution in [0.25, 0.3) is 0 Å². The summed E-state index contributed by atoms with van der Waals surface area (Å²) in [5, 5.41) is 5.17. The minimum Gasteiger partial charge on any atom is -0.345 e. The Balaban J connectivity index is 1.75.